The van der Waals surface area contributed by atoms with Gasteiger partial charge < -0.3 is 15.0 Å². The molecule has 0 radical (unpaired) electrons. The lowest BCUT2D eigenvalue weighted by Crippen LogP contribution is -2.31. The molecule has 0 spiro atoms. The SMILES string of the molecule is CCCCCCCOc1ccc(CNCCN(CC)CC)cc1. The smallest absolute Gasteiger partial charge is 0.119 e. The zero-order valence-electron chi connectivity index (χ0n) is 15.4. The van der Waals surface area contributed by atoms with Crippen LogP contribution in [0.15, 0.2) is 24.3 Å². The topological polar surface area (TPSA) is 24.5 Å². The fraction of sp³-hybridized carbons (Fsp3) is 0.700. The van der Waals surface area contributed by atoms with Crippen molar-refractivity contribution in [2.24, 2.45) is 0 Å². The van der Waals surface area contributed by atoms with Gasteiger partial charge in [0.25, 0.3) is 0 Å². The Kier molecular flexibility index (Phi) is 11.6. The Labute approximate surface area is 143 Å². The van der Waals surface area contributed by atoms with E-state index in [4.69, 9.17) is 4.74 Å². The largest absolute Gasteiger partial charge is 0.494 e. The molecule has 0 aliphatic rings. The predicted molar refractivity (Wildman–Crippen MR) is 100 cm³/mol. The van der Waals surface area contributed by atoms with Gasteiger partial charge in [-0.3, -0.25) is 0 Å². The molecule has 1 aromatic rings. The molecule has 0 amide bonds. The molecule has 0 fully saturated rings. The minimum absolute atomic E-state index is 0.838. The summed E-state index contributed by atoms with van der Waals surface area (Å²) < 4.78 is 5.80. The number of hydrogen-bond acceptors (Lipinski definition) is 3. The number of hydrogen-bond donors (Lipinski definition) is 1. The standard InChI is InChI=1S/C20H36N2O/c1-4-7-8-9-10-17-23-20-13-11-19(12-14-20)18-21-15-16-22(5-2)6-3/h11-14,21H,4-10,15-18H2,1-3H3. The van der Waals surface area contributed by atoms with Crippen molar-refractivity contribution >= 4 is 0 Å². The second-order valence-corrected chi connectivity index (χ2v) is 6.11. The molecule has 0 aliphatic carbocycles. The molecule has 0 bridgehead atoms. The van der Waals surface area contributed by atoms with Gasteiger partial charge in [-0.15, -0.1) is 0 Å². The van der Waals surface area contributed by atoms with Gasteiger partial charge in [0.15, 0.2) is 0 Å². The highest BCUT2D eigenvalue weighted by molar-refractivity contribution is 5.27. The molecule has 0 unspecified atom stereocenters. The summed E-state index contributed by atoms with van der Waals surface area (Å²) >= 11 is 0. The van der Waals surface area contributed by atoms with Crippen molar-refractivity contribution in [1.82, 2.24) is 10.2 Å². The van der Waals surface area contributed by atoms with E-state index in [1.54, 1.807) is 0 Å². The molecule has 3 nitrogen and oxygen atoms in total. The second-order valence-electron chi connectivity index (χ2n) is 6.11. The Hall–Kier alpha value is -1.06. The average Bonchev–Trinajstić information content (AvgIpc) is 2.59. The van der Waals surface area contributed by atoms with Crippen molar-refractivity contribution in [3.05, 3.63) is 29.8 Å². The minimum atomic E-state index is 0.838. The molecule has 23 heavy (non-hydrogen) atoms. The molecule has 0 saturated heterocycles. The molecule has 3 heteroatoms. The molecular weight excluding hydrogens is 284 g/mol. The van der Waals surface area contributed by atoms with Crippen LogP contribution in [0.3, 0.4) is 0 Å². The summed E-state index contributed by atoms with van der Waals surface area (Å²) in [7, 11) is 0. The first-order valence-corrected chi connectivity index (χ1v) is 9.44. The lowest BCUT2D eigenvalue weighted by Gasteiger charge is -2.18. The third-order valence-electron chi connectivity index (χ3n) is 4.27. The summed E-state index contributed by atoms with van der Waals surface area (Å²) in [4.78, 5) is 2.43. The van der Waals surface area contributed by atoms with Crippen LogP contribution in [-0.2, 0) is 6.54 Å². The van der Waals surface area contributed by atoms with Crippen molar-refractivity contribution in [2.75, 3.05) is 32.8 Å². The molecule has 1 rings (SSSR count). The highest BCUT2D eigenvalue weighted by Gasteiger charge is 1.99. The van der Waals surface area contributed by atoms with Gasteiger partial charge in [0, 0.05) is 19.6 Å². The van der Waals surface area contributed by atoms with Gasteiger partial charge >= 0.3 is 0 Å². The zero-order valence-corrected chi connectivity index (χ0v) is 15.4. The van der Waals surface area contributed by atoms with E-state index in [0.717, 1.165) is 51.5 Å². The maximum Gasteiger partial charge on any atom is 0.119 e. The van der Waals surface area contributed by atoms with E-state index in [1.807, 2.05) is 0 Å². The van der Waals surface area contributed by atoms with Crippen molar-refractivity contribution in [2.45, 2.75) is 59.4 Å². The number of rotatable bonds is 14. The number of nitrogens with zero attached hydrogens (tertiary/aromatic N) is 1. The molecule has 0 aromatic heterocycles. The van der Waals surface area contributed by atoms with Crippen LogP contribution in [0, 0.1) is 0 Å². The van der Waals surface area contributed by atoms with E-state index in [-0.39, 0.29) is 0 Å². The Morgan fingerprint density at radius 1 is 0.913 bits per heavy atom. The van der Waals surface area contributed by atoms with Gasteiger partial charge in [-0.05, 0) is 37.2 Å². The van der Waals surface area contributed by atoms with Crippen LogP contribution in [0.2, 0.25) is 0 Å². The fourth-order valence-corrected chi connectivity index (χ4v) is 2.61. The van der Waals surface area contributed by atoms with Crippen LogP contribution < -0.4 is 10.1 Å². The molecule has 132 valence electrons. The number of unbranched alkanes of at least 4 members (excludes halogenated alkanes) is 4. The number of ether oxygens (including phenoxy) is 1. The third-order valence-corrected chi connectivity index (χ3v) is 4.27. The van der Waals surface area contributed by atoms with Crippen LogP contribution in [0.25, 0.3) is 0 Å². The van der Waals surface area contributed by atoms with E-state index in [0.29, 0.717) is 0 Å². The predicted octanol–water partition coefficient (Wildman–Crippen LogP) is 4.47. The lowest BCUT2D eigenvalue weighted by atomic mass is 10.2. The van der Waals surface area contributed by atoms with E-state index in [9.17, 15) is 0 Å². The second kappa shape index (κ2) is 13.4. The van der Waals surface area contributed by atoms with Gasteiger partial charge in [-0.25, -0.2) is 0 Å². The molecule has 0 heterocycles. The zero-order chi connectivity index (χ0) is 16.8. The number of likely N-dealkylation sites (N-methyl/N-ethyl adjacent to an activating group) is 1. The first kappa shape index (κ1) is 20.0. The van der Waals surface area contributed by atoms with Gasteiger partial charge in [-0.1, -0.05) is 58.6 Å². The summed E-state index contributed by atoms with van der Waals surface area (Å²) in [5, 5.41) is 3.51. The molecule has 0 saturated carbocycles. The highest BCUT2D eigenvalue weighted by atomic mass is 16.5. The number of benzene rings is 1. The van der Waals surface area contributed by atoms with Crippen LogP contribution >= 0.6 is 0 Å². The third kappa shape index (κ3) is 9.62. The molecular formula is C20H36N2O. The summed E-state index contributed by atoms with van der Waals surface area (Å²) in [6.45, 7) is 12.9. The summed E-state index contributed by atoms with van der Waals surface area (Å²) in [5.41, 5.74) is 1.32. The van der Waals surface area contributed by atoms with Gasteiger partial charge in [0.1, 0.15) is 5.75 Å². The Bertz CT molecular complexity index is 374. The number of nitrogens with one attached hydrogen (secondary N) is 1. The molecule has 1 aromatic carbocycles. The lowest BCUT2D eigenvalue weighted by molar-refractivity contribution is 0.302. The average molecular weight is 321 g/mol. The van der Waals surface area contributed by atoms with E-state index < -0.39 is 0 Å². The van der Waals surface area contributed by atoms with Crippen molar-refractivity contribution < 1.29 is 4.74 Å². The fourth-order valence-electron chi connectivity index (χ4n) is 2.61. The molecule has 0 aliphatic heterocycles. The summed E-state index contributed by atoms with van der Waals surface area (Å²) in [5.74, 6) is 0.993. The van der Waals surface area contributed by atoms with Crippen LogP contribution in [0.1, 0.15) is 58.4 Å². The van der Waals surface area contributed by atoms with Crippen molar-refractivity contribution in [1.29, 1.82) is 0 Å². The van der Waals surface area contributed by atoms with Gasteiger partial charge in [0.2, 0.25) is 0 Å². The van der Waals surface area contributed by atoms with E-state index >= 15 is 0 Å². The maximum atomic E-state index is 5.80. The quantitative estimate of drug-likeness (QED) is 0.512. The van der Waals surface area contributed by atoms with Crippen LogP contribution in [0.5, 0.6) is 5.75 Å². The molecule has 0 atom stereocenters. The Morgan fingerprint density at radius 3 is 2.26 bits per heavy atom. The van der Waals surface area contributed by atoms with Gasteiger partial charge in [0.05, 0.1) is 6.61 Å². The van der Waals surface area contributed by atoms with Crippen molar-refractivity contribution in [3.63, 3.8) is 0 Å². The Balaban J connectivity index is 2.13. The first-order valence-electron chi connectivity index (χ1n) is 9.44. The summed E-state index contributed by atoms with van der Waals surface area (Å²) in [6.07, 6.45) is 6.41. The van der Waals surface area contributed by atoms with E-state index in [2.05, 4.69) is 55.3 Å². The maximum absolute atomic E-state index is 5.80. The first-order chi connectivity index (χ1) is 11.3. The minimum Gasteiger partial charge on any atom is -0.494 e. The monoisotopic (exact) mass is 320 g/mol. The van der Waals surface area contributed by atoms with Crippen molar-refractivity contribution in [3.8, 4) is 5.75 Å². The molecule has 1 N–H and O–H groups in total. The Morgan fingerprint density at radius 2 is 1.61 bits per heavy atom. The normalized spacial score (nSPS) is 11.1. The van der Waals surface area contributed by atoms with Crippen LogP contribution in [0.4, 0.5) is 0 Å². The van der Waals surface area contributed by atoms with Crippen LogP contribution in [-0.4, -0.2) is 37.7 Å². The highest BCUT2D eigenvalue weighted by Crippen LogP contribution is 2.13. The van der Waals surface area contributed by atoms with Gasteiger partial charge in [-0.2, -0.15) is 0 Å². The van der Waals surface area contributed by atoms with E-state index in [1.165, 1.54) is 31.2 Å². The summed E-state index contributed by atoms with van der Waals surface area (Å²) in [6, 6.07) is 8.51.